The fraction of sp³-hybridized carbons (Fsp3) is 0.545. The van der Waals surface area contributed by atoms with E-state index in [1.165, 1.54) is 17.8 Å². The highest BCUT2D eigenvalue weighted by molar-refractivity contribution is 5.87. The van der Waals surface area contributed by atoms with E-state index in [1.54, 1.807) is 13.8 Å². The minimum absolute atomic E-state index is 0.145. The molecular weight excluding hydrogens is 238 g/mol. The average molecular weight is 255 g/mol. The Morgan fingerprint density at radius 2 is 2.17 bits per heavy atom. The van der Waals surface area contributed by atoms with Gasteiger partial charge < -0.3 is 14.4 Å². The highest BCUT2D eigenvalue weighted by Gasteiger charge is 2.21. The van der Waals surface area contributed by atoms with Gasteiger partial charge in [-0.15, -0.1) is 0 Å². The number of carboxylic acids is 1. The van der Waals surface area contributed by atoms with Crippen LogP contribution in [0.1, 0.15) is 37.8 Å². The Bertz CT molecular complexity index is 465. The van der Waals surface area contributed by atoms with Crippen LogP contribution in [0.25, 0.3) is 0 Å². The van der Waals surface area contributed by atoms with Crippen molar-refractivity contribution in [2.24, 2.45) is 7.05 Å². The summed E-state index contributed by atoms with van der Waals surface area (Å²) in [5, 5.41) is 11.2. The minimum Gasteiger partial charge on any atom is -0.475 e. The number of aromatic nitrogens is 2. The van der Waals surface area contributed by atoms with E-state index in [-0.39, 0.29) is 11.6 Å². The number of imidazole rings is 1. The first kappa shape index (κ1) is 14.0. The Kier molecular flexibility index (Phi) is 3.95. The van der Waals surface area contributed by atoms with Crippen LogP contribution >= 0.6 is 0 Å². The summed E-state index contributed by atoms with van der Waals surface area (Å²) in [6, 6.07) is 0. The van der Waals surface area contributed by atoms with Crippen LogP contribution in [0, 0.1) is 0 Å². The van der Waals surface area contributed by atoms with Gasteiger partial charge >= 0.3 is 12.1 Å². The molecule has 7 heteroatoms. The van der Waals surface area contributed by atoms with Crippen molar-refractivity contribution in [3.8, 4) is 0 Å². The molecule has 0 saturated carbocycles. The van der Waals surface area contributed by atoms with Crippen LogP contribution in [0.4, 0.5) is 10.6 Å². The molecule has 1 aromatic rings. The van der Waals surface area contributed by atoms with Gasteiger partial charge in [0.05, 0.1) is 0 Å². The molecule has 1 rings (SSSR count). The summed E-state index contributed by atoms with van der Waals surface area (Å²) in [7, 11) is 1.53. The summed E-state index contributed by atoms with van der Waals surface area (Å²) >= 11 is 0. The number of ether oxygens (including phenoxy) is 1. The number of carboxylic acid groups (broad SMARTS) is 1. The first-order valence-corrected chi connectivity index (χ1v) is 5.52. The maximum absolute atomic E-state index is 11.5. The quantitative estimate of drug-likeness (QED) is 0.856. The van der Waals surface area contributed by atoms with Gasteiger partial charge in [-0.05, 0) is 20.3 Å². The van der Waals surface area contributed by atoms with Crippen LogP contribution in [0.5, 0.6) is 0 Å². The van der Waals surface area contributed by atoms with Gasteiger partial charge in [-0.25, -0.2) is 14.6 Å². The highest BCUT2D eigenvalue weighted by Crippen LogP contribution is 2.15. The van der Waals surface area contributed by atoms with Gasteiger partial charge in [0.1, 0.15) is 5.60 Å². The predicted octanol–water partition coefficient (Wildman–Crippen LogP) is 1.86. The summed E-state index contributed by atoms with van der Waals surface area (Å²) in [6.45, 7) is 5.47. The Balaban J connectivity index is 2.71. The van der Waals surface area contributed by atoms with E-state index >= 15 is 0 Å². The number of anilines is 1. The van der Waals surface area contributed by atoms with Crippen molar-refractivity contribution in [3.05, 3.63) is 12.0 Å². The second kappa shape index (κ2) is 5.07. The number of aryl methyl sites for hydroxylation is 1. The Labute approximate surface area is 105 Å². The average Bonchev–Trinajstić information content (AvgIpc) is 2.58. The lowest BCUT2D eigenvalue weighted by molar-refractivity contribution is 0.0460. The molecule has 1 amide bonds. The number of nitrogens with one attached hydrogen (secondary N) is 1. The van der Waals surface area contributed by atoms with E-state index in [9.17, 15) is 9.59 Å². The smallest absolute Gasteiger partial charge is 0.413 e. The number of hydrogen-bond donors (Lipinski definition) is 2. The predicted molar refractivity (Wildman–Crippen MR) is 64.6 cm³/mol. The van der Waals surface area contributed by atoms with Crippen molar-refractivity contribution < 1.29 is 19.4 Å². The summed E-state index contributed by atoms with van der Waals surface area (Å²) in [6.07, 6.45) is 1.42. The number of amides is 1. The molecule has 0 aromatic carbocycles. The standard InChI is InChI=1S/C11H17N3O4/c1-5-11(2,3)18-10(17)13-7-6-14(4)8(12-7)9(15)16/h6H,5H2,1-4H3,(H,13,17)(H,15,16). The molecule has 0 spiro atoms. The van der Waals surface area contributed by atoms with Gasteiger partial charge in [-0.2, -0.15) is 0 Å². The third kappa shape index (κ3) is 3.47. The topological polar surface area (TPSA) is 93.5 Å². The number of aromatic carboxylic acids is 1. The van der Waals surface area contributed by atoms with Gasteiger partial charge in [-0.3, -0.25) is 5.32 Å². The lowest BCUT2D eigenvalue weighted by Gasteiger charge is -2.22. The Morgan fingerprint density at radius 3 is 2.61 bits per heavy atom. The Morgan fingerprint density at radius 1 is 1.56 bits per heavy atom. The molecule has 0 aliphatic rings. The van der Waals surface area contributed by atoms with E-state index in [4.69, 9.17) is 9.84 Å². The Hall–Kier alpha value is -2.05. The highest BCUT2D eigenvalue weighted by atomic mass is 16.6. The van der Waals surface area contributed by atoms with Crippen molar-refractivity contribution in [2.75, 3.05) is 5.32 Å². The molecule has 0 bridgehead atoms. The number of carbonyl (C=O) groups is 2. The molecule has 18 heavy (non-hydrogen) atoms. The zero-order valence-corrected chi connectivity index (χ0v) is 10.9. The second-order valence-electron chi connectivity index (χ2n) is 4.49. The van der Waals surface area contributed by atoms with Crippen molar-refractivity contribution >= 4 is 17.9 Å². The monoisotopic (exact) mass is 255 g/mol. The van der Waals surface area contributed by atoms with Gasteiger partial charge in [-0.1, -0.05) is 6.92 Å². The largest absolute Gasteiger partial charge is 0.475 e. The molecule has 0 aliphatic carbocycles. The van der Waals surface area contributed by atoms with Gasteiger partial charge in [0.15, 0.2) is 5.82 Å². The zero-order chi connectivity index (χ0) is 13.9. The minimum atomic E-state index is -1.16. The second-order valence-corrected chi connectivity index (χ2v) is 4.49. The molecule has 2 N–H and O–H groups in total. The molecule has 7 nitrogen and oxygen atoms in total. The van der Waals surface area contributed by atoms with E-state index in [2.05, 4.69) is 10.3 Å². The summed E-state index contributed by atoms with van der Waals surface area (Å²) in [4.78, 5) is 26.1. The van der Waals surface area contributed by atoms with E-state index < -0.39 is 17.7 Å². The van der Waals surface area contributed by atoms with Gasteiger partial charge in [0.2, 0.25) is 5.82 Å². The molecule has 1 heterocycles. The number of carbonyl (C=O) groups excluding carboxylic acids is 1. The van der Waals surface area contributed by atoms with Crippen molar-refractivity contribution in [2.45, 2.75) is 32.8 Å². The van der Waals surface area contributed by atoms with Crippen molar-refractivity contribution in [3.63, 3.8) is 0 Å². The molecule has 0 unspecified atom stereocenters. The van der Waals surface area contributed by atoms with Crippen LogP contribution in [0.3, 0.4) is 0 Å². The fourth-order valence-corrected chi connectivity index (χ4v) is 1.18. The fourth-order valence-electron chi connectivity index (χ4n) is 1.18. The molecule has 0 radical (unpaired) electrons. The number of rotatable bonds is 4. The normalized spacial score (nSPS) is 11.1. The maximum Gasteiger partial charge on any atom is 0.413 e. The van der Waals surface area contributed by atoms with Crippen LogP contribution in [0.15, 0.2) is 6.20 Å². The van der Waals surface area contributed by atoms with Crippen molar-refractivity contribution in [1.29, 1.82) is 0 Å². The van der Waals surface area contributed by atoms with E-state index in [0.29, 0.717) is 6.42 Å². The van der Waals surface area contributed by atoms with Gasteiger partial charge in [0.25, 0.3) is 0 Å². The van der Waals surface area contributed by atoms with Crippen LogP contribution in [0.2, 0.25) is 0 Å². The molecule has 0 atom stereocenters. The molecular formula is C11H17N3O4. The van der Waals surface area contributed by atoms with Crippen LogP contribution in [-0.2, 0) is 11.8 Å². The summed E-state index contributed by atoms with van der Waals surface area (Å²) in [5.74, 6) is -1.17. The lowest BCUT2D eigenvalue weighted by Crippen LogP contribution is -2.29. The third-order valence-corrected chi connectivity index (χ3v) is 2.52. The number of hydrogen-bond acceptors (Lipinski definition) is 4. The van der Waals surface area contributed by atoms with E-state index in [0.717, 1.165) is 0 Å². The molecule has 0 saturated heterocycles. The molecule has 100 valence electrons. The van der Waals surface area contributed by atoms with E-state index in [1.807, 2.05) is 6.92 Å². The van der Waals surface area contributed by atoms with Crippen molar-refractivity contribution in [1.82, 2.24) is 9.55 Å². The molecule has 0 fully saturated rings. The summed E-state index contributed by atoms with van der Waals surface area (Å²) in [5.41, 5.74) is -0.575. The molecule has 0 aliphatic heterocycles. The molecule has 1 aromatic heterocycles. The summed E-state index contributed by atoms with van der Waals surface area (Å²) < 4.78 is 6.46. The lowest BCUT2D eigenvalue weighted by atomic mass is 10.1. The third-order valence-electron chi connectivity index (χ3n) is 2.52. The first-order valence-electron chi connectivity index (χ1n) is 5.52. The zero-order valence-electron chi connectivity index (χ0n) is 10.9. The van der Waals surface area contributed by atoms with Crippen LogP contribution < -0.4 is 5.32 Å². The SMILES string of the molecule is CCC(C)(C)OC(=O)Nc1cn(C)c(C(=O)O)n1. The van der Waals surface area contributed by atoms with Crippen LogP contribution in [-0.4, -0.2) is 32.3 Å². The maximum atomic E-state index is 11.5. The first-order chi connectivity index (χ1) is 8.25. The van der Waals surface area contributed by atoms with Gasteiger partial charge in [0, 0.05) is 13.2 Å². The number of nitrogens with zero attached hydrogens (tertiary/aromatic N) is 2.